The highest BCUT2D eigenvalue weighted by atomic mass is 35.5. The van der Waals surface area contributed by atoms with Crippen molar-refractivity contribution in [3.63, 3.8) is 0 Å². The lowest BCUT2D eigenvalue weighted by Crippen LogP contribution is -2.49. The molecule has 1 amide bonds. The summed E-state index contributed by atoms with van der Waals surface area (Å²) < 4.78 is 26.7. The number of rotatable bonds is 8. The van der Waals surface area contributed by atoms with Crippen molar-refractivity contribution in [2.24, 2.45) is 0 Å². The van der Waals surface area contributed by atoms with Crippen molar-refractivity contribution in [2.75, 3.05) is 38.5 Å². The number of nitrogens with zero attached hydrogens (tertiary/aromatic N) is 2. The maximum Gasteiger partial charge on any atom is 0.224 e. The molecule has 30 heavy (non-hydrogen) atoms. The van der Waals surface area contributed by atoms with Crippen LogP contribution in [0.1, 0.15) is 16.7 Å². The van der Waals surface area contributed by atoms with Crippen molar-refractivity contribution >= 4 is 28.3 Å². The highest BCUT2D eigenvalue weighted by molar-refractivity contribution is 7.89. The molecule has 0 saturated carbocycles. The molecule has 1 saturated heterocycles. The molecule has 2 aromatic carbocycles. The molecule has 8 heteroatoms. The number of carbonyl (C=O) groups is 1. The first-order chi connectivity index (χ1) is 13.9. The molecule has 1 N–H and O–H groups in total. The van der Waals surface area contributed by atoms with E-state index in [1.165, 1.54) is 5.56 Å². The van der Waals surface area contributed by atoms with Gasteiger partial charge in [0.15, 0.2) is 0 Å². The van der Waals surface area contributed by atoms with E-state index in [-0.39, 0.29) is 37.0 Å². The minimum atomic E-state index is -3.36. The van der Waals surface area contributed by atoms with Crippen LogP contribution in [0.4, 0.5) is 0 Å². The first-order valence-corrected chi connectivity index (χ1v) is 11.6. The molecule has 1 fully saturated rings. The van der Waals surface area contributed by atoms with Gasteiger partial charge in [-0.1, -0.05) is 60.2 Å². The van der Waals surface area contributed by atoms with Crippen LogP contribution < -0.4 is 5.32 Å². The summed E-state index contributed by atoms with van der Waals surface area (Å²) >= 11 is 0. The van der Waals surface area contributed by atoms with Gasteiger partial charge in [-0.2, -0.15) is 4.31 Å². The number of hydrogen-bond donors (Lipinski definition) is 1. The van der Waals surface area contributed by atoms with Gasteiger partial charge < -0.3 is 5.32 Å². The monoisotopic (exact) mass is 451 g/mol. The molecule has 1 aliphatic rings. The first kappa shape index (κ1) is 24.3. The summed E-state index contributed by atoms with van der Waals surface area (Å²) in [5.41, 5.74) is 3.27. The summed E-state index contributed by atoms with van der Waals surface area (Å²) in [5.74, 6) is -0.218. The van der Waals surface area contributed by atoms with Crippen LogP contribution in [0.25, 0.3) is 0 Å². The lowest BCUT2D eigenvalue weighted by Gasteiger charge is -2.34. The average molecular weight is 452 g/mol. The highest BCUT2D eigenvalue weighted by Gasteiger charge is 2.26. The van der Waals surface area contributed by atoms with E-state index < -0.39 is 10.0 Å². The summed E-state index contributed by atoms with van der Waals surface area (Å²) in [6, 6.07) is 18.0. The second-order valence-corrected chi connectivity index (χ2v) is 9.58. The maximum atomic E-state index is 12.6. The van der Waals surface area contributed by atoms with Crippen molar-refractivity contribution in [1.29, 1.82) is 0 Å². The number of sulfonamides is 1. The van der Waals surface area contributed by atoms with Crippen molar-refractivity contribution in [1.82, 2.24) is 14.5 Å². The number of aryl methyl sites for hydroxylation is 1. The molecule has 0 unspecified atom stereocenters. The Kier molecular flexibility index (Phi) is 9.30. The normalized spacial score (nSPS) is 15.4. The van der Waals surface area contributed by atoms with Crippen molar-refractivity contribution < 1.29 is 13.2 Å². The van der Waals surface area contributed by atoms with Gasteiger partial charge in [-0.05, 0) is 18.1 Å². The SMILES string of the molecule is Cc1cccc(CC(=O)NCCS(=O)(=O)N2CCN(Cc3ccccc3)CC2)c1.Cl. The Bertz CT molecular complexity index is 914. The van der Waals surface area contributed by atoms with Gasteiger partial charge >= 0.3 is 0 Å². The molecule has 164 valence electrons. The molecule has 1 aliphatic heterocycles. The standard InChI is InChI=1S/C22H29N3O3S.ClH/c1-19-6-5-9-21(16-19)17-22(26)23-10-15-29(27,28)25-13-11-24(12-14-25)18-20-7-3-2-4-8-20;/h2-9,16H,10-15,17-18H2,1H3,(H,23,26);1H. The molecule has 1 heterocycles. The number of benzene rings is 2. The third-order valence-corrected chi connectivity index (χ3v) is 6.97. The zero-order chi connectivity index (χ0) is 20.7. The van der Waals surface area contributed by atoms with E-state index in [0.717, 1.165) is 17.7 Å². The fourth-order valence-corrected chi connectivity index (χ4v) is 4.86. The smallest absolute Gasteiger partial charge is 0.224 e. The molecule has 0 bridgehead atoms. The predicted molar refractivity (Wildman–Crippen MR) is 122 cm³/mol. The van der Waals surface area contributed by atoms with Crippen LogP contribution >= 0.6 is 12.4 Å². The highest BCUT2D eigenvalue weighted by Crippen LogP contribution is 2.11. The van der Waals surface area contributed by atoms with E-state index in [1.54, 1.807) is 4.31 Å². The maximum absolute atomic E-state index is 12.6. The summed E-state index contributed by atoms with van der Waals surface area (Å²) in [7, 11) is -3.36. The van der Waals surface area contributed by atoms with Crippen molar-refractivity contribution in [3.8, 4) is 0 Å². The van der Waals surface area contributed by atoms with Gasteiger partial charge in [0.25, 0.3) is 0 Å². The fraction of sp³-hybridized carbons (Fsp3) is 0.409. The largest absolute Gasteiger partial charge is 0.355 e. The van der Waals surface area contributed by atoms with Crippen LogP contribution in [0.15, 0.2) is 54.6 Å². The Balaban J connectivity index is 0.00000320. The zero-order valence-corrected chi connectivity index (χ0v) is 18.9. The quantitative estimate of drug-likeness (QED) is 0.668. The number of halogens is 1. The lowest BCUT2D eigenvalue weighted by atomic mass is 10.1. The minimum absolute atomic E-state index is 0. The second kappa shape index (κ2) is 11.5. The number of carbonyl (C=O) groups excluding carboxylic acids is 1. The molecule has 6 nitrogen and oxygen atoms in total. The fourth-order valence-electron chi connectivity index (χ4n) is 3.53. The molecule has 0 aliphatic carbocycles. The van der Waals surface area contributed by atoms with Crippen molar-refractivity contribution in [3.05, 3.63) is 71.3 Å². The van der Waals surface area contributed by atoms with Crippen LogP contribution in [0.5, 0.6) is 0 Å². The molecular weight excluding hydrogens is 422 g/mol. The topological polar surface area (TPSA) is 69.7 Å². The van der Waals surface area contributed by atoms with Crippen LogP contribution in [-0.2, 0) is 27.8 Å². The molecule has 0 atom stereocenters. The first-order valence-electron chi connectivity index (χ1n) is 9.99. The van der Waals surface area contributed by atoms with E-state index in [2.05, 4.69) is 22.3 Å². The average Bonchev–Trinajstić information content (AvgIpc) is 2.69. The Labute approximate surface area is 185 Å². The molecule has 0 spiro atoms. The Morgan fingerprint density at radius 3 is 2.30 bits per heavy atom. The third kappa shape index (κ3) is 7.40. The van der Waals surface area contributed by atoms with Gasteiger partial charge in [-0.3, -0.25) is 9.69 Å². The Hall–Kier alpha value is -1.93. The minimum Gasteiger partial charge on any atom is -0.355 e. The van der Waals surface area contributed by atoms with Crippen LogP contribution in [0, 0.1) is 6.92 Å². The van der Waals surface area contributed by atoms with Crippen LogP contribution in [0.2, 0.25) is 0 Å². The molecular formula is C22H30ClN3O3S. The van der Waals surface area contributed by atoms with E-state index in [0.29, 0.717) is 26.2 Å². The Morgan fingerprint density at radius 2 is 1.63 bits per heavy atom. The number of nitrogens with one attached hydrogen (secondary N) is 1. The van der Waals surface area contributed by atoms with E-state index in [1.807, 2.05) is 49.4 Å². The molecule has 3 rings (SSSR count). The number of amides is 1. The zero-order valence-electron chi connectivity index (χ0n) is 17.3. The van der Waals surface area contributed by atoms with Crippen molar-refractivity contribution in [2.45, 2.75) is 19.9 Å². The molecule has 0 radical (unpaired) electrons. The molecule has 2 aromatic rings. The lowest BCUT2D eigenvalue weighted by molar-refractivity contribution is -0.120. The van der Waals surface area contributed by atoms with Crippen LogP contribution in [-0.4, -0.2) is 62.0 Å². The van der Waals surface area contributed by atoms with Gasteiger partial charge in [0, 0.05) is 39.3 Å². The van der Waals surface area contributed by atoms with Gasteiger partial charge in [-0.25, -0.2) is 8.42 Å². The van der Waals surface area contributed by atoms with Gasteiger partial charge in [-0.15, -0.1) is 12.4 Å². The Morgan fingerprint density at radius 1 is 0.967 bits per heavy atom. The van der Waals surface area contributed by atoms with E-state index in [9.17, 15) is 13.2 Å². The number of hydrogen-bond acceptors (Lipinski definition) is 4. The van der Waals surface area contributed by atoms with Gasteiger partial charge in [0.05, 0.1) is 12.2 Å². The second-order valence-electron chi connectivity index (χ2n) is 7.49. The van der Waals surface area contributed by atoms with Gasteiger partial charge in [0.2, 0.25) is 15.9 Å². The van der Waals surface area contributed by atoms with E-state index >= 15 is 0 Å². The van der Waals surface area contributed by atoms with Gasteiger partial charge in [0.1, 0.15) is 0 Å². The van der Waals surface area contributed by atoms with E-state index in [4.69, 9.17) is 0 Å². The van der Waals surface area contributed by atoms with Crippen LogP contribution in [0.3, 0.4) is 0 Å². The summed E-state index contributed by atoms with van der Waals surface area (Å²) in [6.07, 6.45) is 0.264. The summed E-state index contributed by atoms with van der Waals surface area (Å²) in [5, 5.41) is 2.73. The number of piperazine rings is 1. The predicted octanol–water partition coefficient (Wildman–Crippen LogP) is 2.22. The summed E-state index contributed by atoms with van der Waals surface area (Å²) in [6.45, 7) is 5.37. The third-order valence-electron chi connectivity index (χ3n) is 5.10. The molecule has 0 aromatic heterocycles. The summed E-state index contributed by atoms with van der Waals surface area (Å²) in [4.78, 5) is 14.3.